The minimum Gasteiger partial charge on any atom is -0.373 e. The van der Waals surface area contributed by atoms with Crippen molar-refractivity contribution >= 4 is 27.5 Å². The fraction of sp³-hybridized carbons (Fsp3) is 1.00. The molecule has 0 heterocycles. The van der Waals surface area contributed by atoms with E-state index in [1.165, 1.54) is 19.3 Å². The molecule has 3 heteroatoms. The minimum atomic E-state index is 0.193. The number of ether oxygens (including phenoxy) is 1. The first-order valence-electron chi connectivity index (χ1n) is 5.05. The number of hydrogen-bond acceptors (Lipinski definition) is 1. The standard InChI is InChI=1S/C10H16BrClO/c1-10(11)5-4-9(8(12)6-10)13-7-2-3-7/h7-9H,2-6H2,1H3/t8?,9?,10-/m1/s1. The normalized spacial score (nSPS) is 46.4. The second-order valence-electron chi connectivity index (χ2n) is 4.55. The van der Waals surface area contributed by atoms with Crippen LogP contribution in [0.15, 0.2) is 0 Å². The second-order valence-corrected chi connectivity index (χ2v) is 7.02. The van der Waals surface area contributed by atoms with Gasteiger partial charge in [-0.15, -0.1) is 11.6 Å². The van der Waals surface area contributed by atoms with Crippen molar-refractivity contribution in [1.29, 1.82) is 0 Å². The summed E-state index contributed by atoms with van der Waals surface area (Å²) < 4.78 is 6.09. The smallest absolute Gasteiger partial charge is 0.0743 e. The van der Waals surface area contributed by atoms with Gasteiger partial charge in [-0.25, -0.2) is 0 Å². The van der Waals surface area contributed by atoms with Crippen molar-refractivity contribution in [2.45, 2.75) is 60.9 Å². The van der Waals surface area contributed by atoms with Crippen molar-refractivity contribution < 1.29 is 4.74 Å². The summed E-state index contributed by atoms with van der Waals surface area (Å²) in [6.07, 6.45) is 6.62. The molecule has 0 aromatic heterocycles. The molecular weight excluding hydrogens is 251 g/mol. The Morgan fingerprint density at radius 1 is 1.38 bits per heavy atom. The Balaban J connectivity index is 1.85. The molecule has 0 spiro atoms. The maximum atomic E-state index is 6.28. The van der Waals surface area contributed by atoms with E-state index in [-0.39, 0.29) is 9.70 Å². The van der Waals surface area contributed by atoms with E-state index in [0.717, 1.165) is 12.8 Å². The highest BCUT2D eigenvalue weighted by Crippen LogP contribution is 2.40. The predicted octanol–water partition coefficient (Wildman–Crippen LogP) is 3.48. The molecule has 13 heavy (non-hydrogen) atoms. The van der Waals surface area contributed by atoms with Crippen molar-refractivity contribution in [1.82, 2.24) is 0 Å². The number of alkyl halides is 2. The van der Waals surface area contributed by atoms with Crippen LogP contribution in [0.2, 0.25) is 0 Å². The quantitative estimate of drug-likeness (QED) is 0.696. The summed E-state index contributed by atoms with van der Waals surface area (Å²) in [6.45, 7) is 2.22. The maximum Gasteiger partial charge on any atom is 0.0743 e. The van der Waals surface area contributed by atoms with Crippen molar-refractivity contribution in [3.8, 4) is 0 Å². The summed E-state index contributed by atoms with van der Waals surface area (Å²) in [6, 6.07) is 0. The van der Waals surface area contributed by atoms with Gasteiger partial charge in [0.25, 0.3) is 0 Å². The molecule has 0 aromatic carbocycles. The Morgan fingerprint density at radius 2 is 2.08 bits per heavy atom. The number of hydrogen-bond donors (Lipinski definition) is 0. The highest BCUT2D eigenvalue weighted by atomic mass is 79.9. The van der Waals surface area contributed by atoms with Crippen LogP contribution in [0.1, 0.15) is 39.0 Å². The molecule has 0 radical (unpaired) electrons. The van der Waals surface area contributed by atoms with Gasteiger partial charge in [-0.2, -0.15) is 0 Å². The van der Waals surface area contributed by atoms with E-state index < -0.39 is 0 Å². The van der Waals surface area contributed by atoms with E-state index in [1.807, 2.05) is 0 Å². The minimum absolute atomic E-state index is 0.193. The lowest BCUT2D eigenvalue weighted by atomic mass is 9.88. The van der Waals surface area contributed by atoms with E-state index in [4.69, 9.17) is 16.3 Å². The van der Waals surface area contributed by atoms with Gasteiger partial charge in [0.1, 0.15) is 0 Å². The summed E-state index contributed by atoms with van der Waals surface area (Å²) in [7, 11) is 0. The van der Waals surface area contributed by atoms with E-state index in [2.05, 4.69) is 22.9 Å². The van der Waals surface area contributed by atoms with Crippen LogP contribution in [0.3, 0.4) is 0 Å². The second kappa shape index (κ2) is 3.71. The summed E-state index contributed by atoms with van der Waals surface area (Å²) in [4.78, 5) is 0. The lowest BCUT2D eigenvalue weighted by molar-refractivity contribution is 0.0153. The molecule has 0 bridgehead atoms. The summed E-state index contributed by atoms with van der Waals surface area (Å²) >= 11 is 9.99. The van der Waals surface area contributed by atoms with Crippen molar-refractivity contribution in [3.05, 3.63) is 0 Å². The zero-order valence-corrected chi connectivity index (χ0v) is 10.3. The van der Waals surface area contributed by atoms with E-state index >= 15 is 0 Å². The van der Waals surface area contributed by atoms with Gasteiger partial charge in [-0.05, 0) is 39.0 Å². The molecular formula is C10H16BrClO. The predicted molar refractivity (Wildman–Crippen MR) is 58.7 cm³/mol. The third-order valence-electron chi connectivity index (χ3n) is 2.87. The fourth-order valence-corrected chi connectivity index (χ4v) is 3.16. The molecule has 2 fully saturated rings. The molecule has 0 aliphatic heterocycles. The molecule has 3 atom stereocenters. The van der Waals surface area contributed by atoms with Crippen LogP contribution in [0.25, 0.3) is 0 Å². The molecule has 1 nitrogen and oxygen atoms in total. The van der Waals surface area contributed by atoms with Gasteiger partial charge < -0.3 is 4.74 Å². The summed E-state index contributed by atoms with van der Waals surface area (Å²) in [5.74, 6) is 0. The summed E-state index contributed by atoms with van der Waals surface area (Å²) in [5.41, 5.74) is 0. The Morgan fingerprint density at radius 3 is 2.62 bits per heavy atom. The van der Waals surface area contributed by atoms with Gasteiger partial charge >= 0.3 is 0 Å². The SMILES string of the molecule is C[C@@]1(Br)CCC(OC2CC2)C(Cl)C1. The highest BCUT2D eigenvalue weighted by molar-refractivity contribution is 9.10. The van der Waals surface area contributed by atoms with Gasteiger partial charge in [-0.3, -0.25) is 0 Å². The first kappa shape index (κ1) is 10.3. The zero-order valence-electron chi connectivity index (χ0n) is 7.93. The van der Waals surface area contributed by atoms with Crippen molar-refractivity contribution in [3.63, 3.8) is 0 Å². The molecule has 0 amide bonds. The molecule has 2 rings (SSSR count). The van der Waals surface area contributed by atoms with Crippen molar-refractivity contribution in [2.24, 2.45) is 0 Å². The van der Waals surface area contributed by atoms with Crippen molar-refractivity contribution in [2.75, 3.05) is 0 Å². The van der Waals surface area contributed by atoms with Crippen LogP contribution in [0.4, 0.5) is 0 Å². The highest BCUT2D eigenvalue weighted by Gasteiger charge is 2.38. The molecule has 2 aliphatic carbocycles. The van der Waals surface area contributed by atoms with Crippen LogP contribution in [-0.4, -0.2) is 21.9 Å². The first-order valence-corrected chi connectivity index (χ1v) is 6.28. The van der Waals surface area contributed by atoms with Crippen LogP contribution >= 0.6 is 27.5 Å². The summed E-state index contributed by atoms with van der Waals surface area (Å²) in [5, 5.41) is 0.193. The Kier molecular flexibility index (Phi) is 2.93. The van der Waals surface area contributed by atoms with Gasteiger partial charge in [0.05, 0.1) is 17.6 Å². The molecule has 2 aliphatic rings. The lowest BCUT2D eigenvalue weighted by Crippen LogP contribution is -2.38. The molecule has 0 saturated heterocycles. The van der Waals surface area contributed by atoms with Gasteiger partial charge in [0.2, 0.25) is 0 Å². The Bertz CT molecular complexity index is 191. The van der Waals surface area contributed by atoms with Gasteiger partial charge in [0, 0.05) is 4.32 Å². The Hall–Kier alpha value is 0.730. The fourth-order valence-electron chi connectivity index (χ4n) is 1.87. The first-order chi connectivity index (χ1) is 6.07. The number of halogens is 2. The maximum absolute atomic E-state index is 6.28. The largest absolute Gasteiger partial charge is 0.373 e. The van der Waals surface area contributed by atoms with Crippen LogP contribution < -0.4 is 0 Å². The lowest BCUT2D eigenvalue weighted by Gasteiger charge is -2.36. The van der Waals surface area contributed by atoms with Crippen LogP contribution in [0.5, 0.6) is 0 Å². The molecule has 2 saturated carbocycles. The van der Waals surface area contributed by atoms with E-state index in [9.17, 15) is 0 Å². The van der Waals surface area contributed by atoms with E-state index in [1.54, 1.807) is 0 Å². The van der Waals surface area contributed by atoms with Crippen LogP contribution in [0, 0.1) is 0 Å². The molecule has 0 N–H and O–H groups in total. The average Bonchev–Trinajstić information content (AvgIpc) is 2.77. The molecule has 76 valence electrons. The van der Waals surface area contributed by atoms with E-state index in [0.29, 0.717) is 12.2 Å². The Labute approximate surface area is 93.3 Å². The number of rotatable bonds is 2. The average molecular weight is 268 g/mol. The van der Waals surface area contributed by atoms with Crippen LogP contribution in [-0.2, 0) is 4.74 Å². The molecule has 2 unspecified atom stereocenters. The molecule has 0 aromatic rings. The third kappa shape index (κ3) is 2.84. The third-order valence-corrected chi connectivity index (χ3v) is 4.02. The topological polar surface area (TPSA) is 9.23 Å². The van der Waals surface area contributed by atoms with Gasteiger partial charge in [0.15, 0.2) is 0 Å². The zero-order chi connectivity index (χ0) is 9.47. The van der Waals surface area contributed by atoms with Gasteiger partial charge in [-0.1, -0.05) is 15.9 Å². The monoisotopic (exact) mass is 266 g/mol.